The molecule has 0 unspecified atom stereocenters. The van der Waals surface area contributed by atoms with Gasteiger partial charge in [0, 0.05) is 41.1 Å². The highest BCUT2D eigenvalue weighted by Gasteiger charge is 2.86. The number of esters is 1. The summed E-state index contributed by atoms with van der Waals surface area (Å²) in [6.07, 6.45) is 3.67. The summed E-state index contributed by atoms with van der Waals surface area (Å²) < 4.78 is 5.98. The third-order valence-corrected chi connectivity index (χ3v) is 9.01. The minimum atomic E-state index is -1.90. The first-order valence-corrected chi connectivity index (χ1v) is 11.3. The van der Waals surface area contributed by atoms with Crippen LogP contribution < -0.4 is 0 Å². The lowest BCUT2D eigenvalue weighted by atomic mass is 9.59. The molecule has 0 bridgehead atoms. The van der Waals surface area contributed by atoms with Crippen molar-refractivity contribution in [3.63, 3.8) is 0 Å². The lowest BCUT2D eigenvalue weighted by molar-refractivity contribution is -0.218. The van der Waals surface area contributed by atoms with Crippen LogP contribution in [0.1, 0.15) is 48.0 Å². The predicted octanol–water partition coefficient (Wildman–Crippen LogP) is 1.45. The fourth-order valence-corrected chi connectivity index (χ4v) is 7.02. The standard InChI is InChI=1S/C25H34O7/c1-7-12(2)21(29)32-25-18(22(25,5)6)16-9-15(11-26)10-23(30)17(8-13(3)19(23)27)24(16,31)14(4)20(25)28/h7-9,14,16-18,20,26,28,30-31H,10-11H2,1-6H3/b12-7+/t14-,16+,17-,18-,20-,23-,24-,25-/m1/s1. The van der Waals surface area contributed by atoms with Gasteiger partial charge in [-0.15, -0.1) is 0 Å². The number of carbonyl (C=O) groups excluding carboxylic acids is 2. The van der Waals surface area contributed by atoms with Crippen molar-refractivity contribution in [3.8, 4) is 0 Å². The second kappa shape index (κ2) is 6.86. The number of rotatable bonds is 3. The van der Waals surface area contributed by atoms with Gasteiger partial charge in [0.1, 0.15) is 11.2 Å². The molecule has 4 aliphatic carbocycles. The number of Topliss-reactive ketones (excluding diaryl/α,β-unsaturated/α-hetero) is 1. The zero-order chi connectivity index (χ0) is 24.0. The largest absolute Gasteiger partial charge is 0.452 e. The zero-order valence-electron chi connectivity index (χ0n) is 19.5. The number of hydrogen-bond donors (Lipinski definition) is 4. The van der Waals surface area contributed by atoms with E-state index in [1.807, 2.05) is 13.8 Å². The Bertz CT molecular complexity index is 975. The quantitative estimate of drug-likeness (QED) is 0.294. The van der Waals surface area contributed by atoms with E-state index in [1.54, 1.807) is 45.9 Å². The second-order valence-corrected chi connectivity index (χ2v) is 10.7. The van der Waals surface area contributed by atoms with Crippen molar-refractivity contribution >= 4 is 11.8 Å². The molecular weight excluding hydrogens is 412 g/mol. The molecule has 2 fully saturated rings. The summed E-state index contributed by atoms with van der Waals surface area (Å²) in [4.78, 5) is 25.7. The van der Waals surface area contributed by atoms with Crippen molar-refractivity contribution in [1.29, 1.82) is 0 Å². The Hall–Kier alpha value is -1.80. The van der Waals surface area contributed by atoms with Gasteiger partial charge in [-0.05, 0) is 31.9 Å². The second-order valence-electron chi connectivity index (χ2n) is 10.7. The number of aliphatic hydroxyl groups is 4. The van der Waals surface area contributed by atoms with Crippen molar-refractivity contribution in [2.24, 2.45) is 29.1 Å². The van der Waals surface area contributed by atoms with Crippen LogP contribution in [0.25, 0.3) is 0 Å². The third-order valence-electron chi connectivity index (χ3n) is 9.01. The minimum absolute atomic E-state index is 0.0971. The number of ether oxygens (including phenoxy) is 1. The van der Waals surface area contributed by atoms with Crippen LogP contribution in [-0.4, -0.2) is 61.7 Å². The van der Waals surface area contributed by atoms with Gasteiger partial charge in [-0.25, -0.2) is 4.79 Å². The van der Waals surface area contributed by atoms with Crippen LogP contribution in [0.5, 0.6) is 0 Å². The lowest BCUT2D eigenvalue weighted by Crippen LogP contribution is -2.65. The number of fused-ring (bicyclic) bond motifs is 5. The Labute approximate surface area is 188 Å². The molecule has 32 heavy (non-hydrogen) atoms. The maximum absolute atomic E-state index is 12.9. The van der Waals surface area contributed by atoms with Gasteiger partial charge >= 0.3 is 5.97 Å². The summed E-state index contributed by atoms with van der Waals surface area (Å²) in [5.41, 5.74) is -4.26. The van der Waals surface area contributed by atoms with E-state index in [4.69, 9.17) is 4.74 Å². The minimum Gasteiger partial charge on any atom is -0.452 e. The van der Waals surface area contributed by atoms with Crippen LogP contribution in [0.2, 0.25) is 0 Å². The van der Waals surface area contributed by atoms with Crippen LogP contribution in [0.4, 0.5) is 0 Å². The van der Waals surface area contributed by atoms with Gasteiger partial charge < -0.3 is 25.2 Å². The van der Waals surface area contributed by atoms with Crippen molar-refractivity contribution < 1.29 is 34.8 Å². The monoisotopic (exact) mass is 446 g/mol. The average molecular weight is 447 g/mol. The molecule has 4 aliphatic rings. The van der Waals surface area contributed by atoms with E-state index >= 15 is 0 Å². The summed E-state index contributed by atoms with van der Waals surface area (Å²) in [5.74, 6) is -3.90. The van der Waals surface area contributed by atoms with Gasteiger partial charge in [-0.3, -0.25) is 4.79 Å². The van der Waals surface area contributed by atoms with Crippen molar-refractivity contribution in [2.45, 2.75) is 70.9 Å². The Morgan fingerprint density at radius 3 is 2.47 bits per heavy atom. The van der Waals surface area contributed by atoms with E-state index in [1.165, 1.54) is 0 Å². The van der Waals surface area contributed by atoms with Crippen LogP contribution in [0.15, 0.2) is 34.9 Å². The SMILES string of the molecule is C/C=C(\C)C(=O)O[C@@]12[C@H](O)[C@@H](C)[C@@]3(O)[C@@H](C=C(CO)C[C@]4(O)C(=O)C(C)=C[C@@H]34)[C@@H]1C2(C)C. The first-order chi connectivity index (χ1) is 14.7. The van der Waals surface area contributed by atoms with Gasteiger partial charge in [0.2, 0.25) is 0 Å². The zero-order valence-corrected chi connectivity index (χ0v) is 19.5. The van der Waals surface area contributed by atoms with E-state index in [2.05, 4.69) is 0 Å². The Balaban J connectivity index is 1.90. The number of aliphatic hydroxyl groups excluding tert-OH is 2. The van der Waals surface area contributed by atoms with Crippen LogP contribution in [-0.2, 0) is 14.3 Å². The van der Waals surface area contributed by atoms with E-state index in [0.717, 1.165) is 0 Å². The molecule has 4 rings (SSSR count). The van der Waals surface area contributed by atoms with Crippen LogP contribution >= 0.6 is 0 Å². The molecule has 0 aromatic carbocycles. The molecule has 0 amide bonds. The molecule has 8 atom stereocenters. The van der Waals surface area contributed by atoms with E-state index < -0.39 is 63.7 Å². The maximum Gasteiger partial charge on any atom is 0.334 e. The van der Waals surface area contributed by atoms with Gasteiger partial charge in [-0.1, -0.05) is 39.0 Å². The van der Waals surface area contributed by atoms with Crippen molar-refractivity contribution in [3.05, 3.63) is 34.9 Å². The fraction of sp³-hybridized carbons (Fsp3) is 0.680. The number of carbonyl (C=O) groups is 2. The molecule has 0 aromatic heterocycles. The highest BCUT2D eigenvalue weighted by molar-refractivity contribution is 6.04. The summed E-state index contributed by atoms with van der Waals surface area (Å²) in [6, 6.07) is 0. The molecule has 176 valence electrons. The molecule has 0 radical (unpaired) electrons. The van der Waals surface area contributed by atoms with Gasteiger partial charge in [-0.2, -0.15) is 0 Å². The average Bonchev–Trinajstić information content (AvgIpc) is 3.18. The first kappa shape index (κ1) is 23.4. The molecule has 2 saturated carbocycles. The smallest absolute Gasteiger partial charge is 0.334 e. The molecule has 0 heterocycles. The Morgan fingerprint density at radius 2 is 1.91 bits per heavy atom. The number of allylic oxidation sites excluding steroid dienone is 1. The predicted molar refractivity (Wildman–Crippen MR) is 116 cm³/mol. The lowest BCUT2D eigenvalue weighted by Gasteiger charge is -2.52. The van der Waals surface area contributed by atoms with E-state index in [-0.39, 0.29) is 13.0 Å². The number of hydrogen-bond acceptors (Lipinski definition) is 7. The molecule has 0 aliphatic heterocycles. The maximum atomic E-state index is 12.9. The van der Waals surface area contributed by atoms with E-state index in [9.17, 15) is 30.0 Å². The summed E-state index contributed by atoms with van der Waals surface area (Å²) in [5, 5.41) is 45.3. The van der Waals surface area contributed by atoms with Gasteiger partial charge in [0.25, 0.3) is 0 Å². The summed E-state index contributed by atoms with van der Waals surface area (Å²) >= 11 is 0. The molecule has 7 heteroatoms. The van der Waals surface area contributed by atoms with Crippen molar-refractivity contribution in [2.75, 3.05) is 6.61 Å². The molecule has 0 aromatic rings. The normalized spacial score (nSPS) is 46.9. The molecule has 4 N–H and O–H groups in total. The van der Waals surface area contributed by atoms with Crippen molar-refractivity contribution in [1.82, 2.24) is 0 Å². The molecule has 7 nitrogen and oxygen atoms in total. The van der Waals surface area contributed by atoms with Gasteiger partial charge in [0.05, 0.1) is 18.3 Å². The summed E-state index contributed by atoms with van der Waals surface area (Å²) in [6.45, 7) is 10.1. The summed E-state index contributed by atoms with van der Waals surface area (Å²) in [7, 11) is 0. The topological polar surface area (TPSA) is 124 Å². The molecule has 0 spiro atoms. The first-order valence-electron chi connectivity index (χ1n) is 11.3. The molecule has 0 saturated heterocycles. The highest BCUT2D eigenvalue weighted by Crippen LogP contribution is 2.76. The Morgan fingerprint density at radius 1 is 1.28 bits per heavy atom. The molecular formula is C25H34O7. The highest BCUT2D eigenvalue weighted by atomic mass is 16.6. The van der Waals surface area contributed by atoms with Crippen LogP contribution in [0, 0.1) is 29.1 Å². The van der Waals surface area contributed by atoms with E-state index in [0.29, 0.717) is 16.7 Å². The fourth-order valence-electron chi connectivity index (χ4n) is 7.02. The third kappa shape index (κ3) is 2.51. The Kier molecular flexibility index (Phi) is 5.00. The van der Waals surface area contributed by atoms with Gasteiger partial charge in [0.15, 0.2) is 5.78 Å². The van der Waals surface area contributed by atoms with Crippen LogP contribution in [0.3, 0.4) is 0 Å². The number of ketones is 1.